The minimum atomic E-state index is -4.46. The van der Waals surface area contributed by atoms with Gasteiger partial charge in [-0.15, -0.1) is 0 Å². The molecule has 1 heterocycles. The van der Waals surface area contributed by atoms with Crippen molar-refractivity contribution in [2.24, 2.45) is 5.41 Å². The normalized spacial score (nSPS) is 31.7. The standard InChI is InChI=1S/C10H15F3O3/c1-8(2,3)7-15-6(14)9(4,16-7)5-10(11,12)13/h7H,5H2,1-4H3/t7-,9-/m1/s1. The Bertz CT molecular complexity index is 293. The van der Waals surface area contributed by atoms with Crippen LogP contribution in [0.1, 0.15) is 34.1 Å². The largest absolute Gasteiger partial charge is 0.433 e. The first-order valence-electron chi connectivity index (χ1n) is 4.90. The van der Waals surface area contributed by atoms with Crippen LogP contribution in [-0.4, -0.2) is 24.0 Å². The highest BCUT2D eigenvalue weighted by Crippen LogP contribution is 2.40. The minimum absolute atomic E-state index is 0.543. The van der Waals surface area contributed by atoms with E-state index in [1.165, 1.54) is 0 Å². The molecule has 16 heavy (non-hydrogen) atoms. The molecule has 0 bridgehead atoms. The molecule has 0 aliphatic carbocycles. The van der Waals surface area contributed by atoms with Gasteiger partial charge in [0.2, 0.25) is 6.29 Å². The molecule has 0 N–H and O–H groups in total. The Morgan fingerprint density at radius 3 is 2.12 bits per heavy atom. The lowest BCUT2D eigenvalue weighted by Gasteiger charge is -2.26. The Hall–Kier alpha value is -0.780. The van der Waals surface area contributed by atoms with Crippen molar-refractivity contribution in [1.29, 1.82) is 0 Å². The second kappa shape index (κ2) is 3.61. The fourth-order valence-electron chi connectivity index (χ4n) is 1.38. The maximum absolute atomic E-state index is 12.3. The Balaban J connectivity index is 2.81. The molecular formula is C10H15F3O3. The zero-order chi connectivity index (χ0) is 12.8. The van der Waals surface area contributed by atoms with Crippen LogP contribution in [0.3, 0.4) is 0 Å². The maximum Gasteiger partial charge on any atom is 0.392 e. The minimum Gasteiger partial charge on any atom is -0.433 e. The van der Waals surface area contributed by atoms with Crippen molar-refractivity contribution in [1.82, 2.24) is 0 Å². The molecule has 1 aliphatic rings. The molecule has 2 atom stereocenters. The van der Waals surface area contributed by atoms with Gasteiger partial charge >= 0.3 is 12.1 Å². The Labute approximate surface area is 91.9 Å². The lowest BCUT2D eigenvalue weighted by molar-refractivity contribution is -0.195. The van der Waals surface area contributed by atoms with Gasteiger partial charge < -0.3 is 9.47 Å². The average molecular weight is 240 g/mol. The van der Waals surface area contributed by atoms with E-state index in [0.29, 0.717) is 0 Å². The molecule has 1 saturated heterocycles. The van der Waals surface area contributed by atoms with Crippen molar-refractivity contribution in [3.63, 3.8) is 0 Å². The predicted octanol–water partition coefficient (Wildman–Crippen LogP) is 2.64. The van der Waals surface area contributed by atoms with Crippen molar-refractivity contribution in [2.75, 3.05) is 0 Å². The Morgan fingerprint density at radius 2 is 1.81 bits per heavy atom. The molecule has 0 radical (unpaired) electrons. The van der Waals surface area contributed by atoms with E-state index in [1.54, 1.807) is 20.8 Å². The van der Waals surface area contributed by atoms with Crippen molar-refractivity contribution < 1.29 is 27.4 Å². The van der Waals surface area contributed by atoms with Gasteiger partial charge in [0, 0.05) is 5.41 Å². The third-order valence-corrected chi connectivity index (χ3v) is 2.26. The van der Waals surface area contributed by atoms with Crippen LogP contribution in [0.5, 0.6) is 0 Å². The van der Waals surface area contributed by atoms with Gasteiger partial charge in [0.05, 0.1) is 6.42 Å². The lowest BCUT2D eigenvalue weighted by atomic mass is 9.96. The molecule has 3 nitrogen and oxygen atoms in total. The van der Waals surface area contributed by atoms with E-state index in [-0.39, 0.29) is 0 Å². The van der Waals surface area contributed by atoms with Crippen LogP contribution in [-0.2, 0) is 14.3 Å². The SMILES string of the molecule is CC(C)(C)[C@@H]1OC(=O)[C@@](C)(CC(F)(F)F)O1. The number of carbonyl (C=O) groups excluding carboxylic acids is 1. The number of ether oxygens (including phenoxy) is 2. The van der Waals surface area contributed by atoms with Crippen molar-refractivity contribution >= 4 is 5.97 Å². The van der Waals surface area contributed by atoms with Crippen LogP contribution in [0, 0.1) is 5.41 Å². The summed E-state index contributed by atoms with van der Waals surface area (Å²) in [5.41, 5.74) is -2.46. The Morgan fingerprint density at radius 1 is 1.31 bits per heavy atom. The first kappa shape index (κ1) is 13.3. The smallest absolute Gasteiger partial charge is 0.392 e. The molecule has 94 valence electrons. The molecule has 6 heteroatoms. The number of alkyl halides is 3. The first-order chi connectivity index (χ1) is 6.94. The predicted molar refractivity (Wildman–Crippen MR) is 49.5 cm³/mol. The quantitative estimate of drug-likeness (QED) is 0.661. The van der Waals surface area contributed by atoms with Crippen LogP contribution in [0.15, 0.2) is 0 Å². The molecule has 0 aromatic heterocycles. The van der Waals surface area contributed by atoms with E-state index >= 15 is 0 Å². The summed E-state index contributed by atoms with van der Waals surface area (Å²) in [6, 6.07) is 0. The van der Waals surface area contributed by atoms with Crippen LogP contribution >= 0.6 is 0 Å². The summed E-state index contributed by atoms with van der Waals surface area (Å²) in [7, 11) is 0. The fourth-order valence-corrected chi connectivity index (χ4v) is 1.38. The second-order valence-corrected chi connectivity index (χ2v) is 5.24. The molecule has 0 aromatic rings. The van der Waals surface area contributed by atoms with Crippen molar-refractivity contribution in [2.45, 2.75) is 52.2 Å². The number of hydrogen-bond acceptors (Lipinski definition) is 3. The number of carbonyl (C=O) groups is 1. The van der Waals surface area contributed by atoms with Gasteiger partial charge in [-0.3, -0.25) is 0 Å². The summed E-state index contributed by atoms with van der Waals surface area (Å²) in [6.07, 6.45) is -6.72. The van der Waals surface area contributed by atoms with E-state index in [2.05, 4.69) is 0 Å². The topological polar surface area (TPSA) is 35.5 Å². The molecule has 0 unspecified atom stereocenters. The maximum atomic E-state index is 12.3. The van der Waals surface area contributed by atoms with Crippen LogP contribution < -0.4 is 0 Å². The molecule has 0 aromatic carbocycles. The van der Waals surface area contributed by atoms with Crippen LogP contribution in [0.25, 0.3) is 0 Å². The van der Waals surface area contributed by atoms with Gasteiger partial charge in [-0.05, 0) is 6.92 Å². The third-order valence-electron chi connectivity index (χ3n) is 2.26. The van der Waals surface area contributed by atoms with Gasteiger partial charge in [0.15, 0.2) is 5.60 Å². The van der Waals surface area contributed by atoms with Gasteiger partial charge in [-0.1, -0.05) is 20.8 Å². The summed E-state index contributed by atoms with van der Waals surface area (Å²) >= 11 is 0. The van der Waals surface area contributed by atoms with E-state index < -0.39 is 35.9 Å². The number of cyclic esters (lactones) is 1. The molecule has 1 fully saturated rings. The van der Waals surface area contributed by atoms with E-state index in [1.807, 2.05) is 0 Å². The molecule has 1 rings (SSSR count). The summed E-state index contributed by atoms with van der Waals surface area (Å²) in [6.45, 7) is 6.29. The molecular weight excluding hydrogens is 225 g/mol. The molecule has 0 amide bonds. The Kier molecular flexibility index (Phi) is 3.00. The molecule has 0 spiro atoms. The number of rotatable bonds is 1. The van der Waals surface area contributed by atoms with E-state index in [4.69, 9.17) is 9.47 Å². The van der Waals surface area contributed by atoms with Crippen molar-refractivity contribution in [3.8, 4) is 0 Å². The highest BCUT2D eigenvalue weighted by molar-refractivity contribution is 5.80. The average Bonchev–Trinajstić information content (AvgIpc) is 2.22. The van der Waals surface area contributed by atoms with Crippen LogP contribution in [0.2, 0.25) is 0 Å². The summed E-state index contributed by atoms with van der Waals surface area (Å²) in [5, 5.41) is 0. The highest BCUT2D eigenvalue weighted by atomic mass is 19.4. The zero-order valence-corrected chi connectivity index (χ0v) is 9.64. The zero-order valence-electron chi connectivity index (χ0n) is 9.64. The lowest BCUT2D eigenvalue weighted by Crippen LogP contribution is -2.38. The summed E-state index contributed by atoms with van der Waals surface area (Å²) in [4.78, 5) is 11.4. The van der Waals surface area contributed by atoms with Gasteiger partial charge in [0.1, 0.15) is 0 Å². The first-order valence-corrected chi connectivity index (χ1v) is 4.90. The summed E-state index contributed by atoms with van der Waals surface area (Å²) < 4.78 is 46.7. The monoisotopic (exact) mass is 240 g/mol. The van der Waals surface area contributed by atoms with Gasteiger partial charge in [-0.25, -0.2) is 4.79 Å². The molecule has 0 saturated carbocycles. The van der Waals surface area contributed by atoms with Gasteiger partial charge in [0.25, 0.3) is 0 Å². The number of halogens is 3. The summed E-state index contributed by atoms with van der Waals surface area (Å²) in [5.74, 6) is -0.954. The van der Waals surface area contributed by atoms with Crippen molar-refractivity contribution in [3.05, 3.63) is 0 Å². The second-order valence-electron chi connectivity index (χ2n) is 5.24. The third kappa shape index (κ3) is 2.87. The fraction of sp³-hybridized carbons (Fsp3) is 0.900. The van der Waals surface area contributed by atoms with Gasteiger partial charge in [-0.2, -0.15) is 13.2 Å². The number of hydrogen-bond donors (Lipinski definition) is 0. The highest BCUT2D eigenvalue weighted by Gasteiger charge is 2.55. The number of esters is 1. The van der Waals surface area contributed by atoms with E-state index in [9.17, 15) is 18.0 Å². The van der Waals surface area contributed by atoms with Crippen LogP contribution in [0.4, 0.5) is 13.2 Å². The van der Waals surface area contributed by atoms with E-state index in [0.717, 1.165) is 6.92 Å². The molecule has 1 aliphatic heterocycles.